The van der Waals surface area contributed by atoms with Crippen molar-refractivity contribution in [2.45, 2.75) is 38.6 Å². The van der Waals surface area contributed by atoms with Gasteiger partial charge in [-0.2, -0.15) is 0 Å². The maximum absolute atomic E-state index is 5.42. The van der Waals surface area contributed by atoms with Crippen molar-refractivity contribution >= 4 is 11.6 Å². The number of rotatable bonds is 5. The third-order valence-electron chi connectivity index (χ3n) is 3.59. The fourth-order valence-electron chi connectivity index (χ4n) is 2.39. The number of hydrogen-bond acceptors (Lipinski definition) is 5. The highest BCUT2D eigenvalue weighted by molar-refractivity contribution is 5.49. The molecule has 1 aromatic rings. The number of ether oxygens (including phenoxy) is 1. The van der Waals surface area contributed by atoms with Gasteiger partial charge in [-0.25, -0.2) is 9.97 Å². The maximum atomic E-state index is 5.42. The highest BCUT2D eigenvalue weighted by Crippen LogP contribution is 2.21. The number of anilines is 2. The molecule has 0 radical (unpaired) electrons. The van der Waals surface area contributed by atoms with E-state index in [-0.39, 0.29) is 0 Å². The maximum Gasteiger partial charge on any atom is 0.134 e. The first-order chi connectivity index (χ1) is 9.24. The second-order valence-electron chi connectivity index (χ2n) is 4.98. The predicted molar refractivity (Wildman–Crippen MR) is 77.8 cm³/mol. The quantitative estimate of drug-likeness (QED) is 0.882. The normalized spacial score (nSPS) is 16.4. The minimum atomic E-state index is 0.517. The van der Waals surface area contributed by atoms with Crippen LogP contribution >= 0.6 is 0 Å². The molecule has 1 fully saturated rings. The van der Waals surface area contributed by atoms with Crippen LogP contribution in [0.1, 0.15) is 32.0 Å². The van der Waals surface area contributed by atoms with Crippen molar-refractivity contribution in [2.24, 2.45) is 0 Å². The molecule has 0 saturated carbocycles. The van der Waals surface area contributed by atoms with Crippen LogP contribution in [0.4, 0.5) is 11.6 Å². The fourth-order valence-corrected chi connectivity index (χ4v) is 2.39. The highest BCUT2D eigenvalue weighted by atomic mass is 16.5. The summed E-state index contributed by atoms with van der Waals surface area (Å²) in [4.78, 5) is 11.4. The van der Waals surface area contributed by atoms with Gasteiger partial charge in [-0.1, -0.05) is 6.92 Å². The topological polar surface area (TPSA) is 50.3 Å². The Labute approximate surface area is 115 Å². The average molecular weight is 264 g/mol. The minimum Gasteiger partial charge on any atom is -0.381 e. The Hall–Kier alpha value is -1.36. The third kappa shape index (κ3) is 3.56. The Morgan fingerprint density at radius 3 is 2.74 bits per heavy atom. The Balaban J connectivity index is 2.18. The first-order valence-corrected chi connectivity index (χ1v) is 7.11. The first-order valence-electron chi connectivity index (χ1n) is 7.11. The van der Waals surface area contributed by atoms with Gasteiger partial charge in [-0.3, -0.25) is 0 Å². The highest BCUT2D eigenvalue weighted by Gasteiger charge is 2.20. The molecule has 0 amide bonds. The van der Waals surface area contributed by atoms with Gasteiger partial charge in [0, 0.05) is 45.8 Å². The number of aromatic nitrogens is 2. The molecule has 1 aliphatic heterocycles. The molecule has 0 unspecified atom stereocenters. The van der Waals surface area contributed by atoms with Gasteiger partial charge in [-0.05, 0) is 19.3 Å². The monoisotopic (exact) mass is 264 g/mol. The van der Waals surface area contributed by atoms with Crippen LogP contribution in [0.25, 0.3) is 0 Å². The van der Waals surface area contributed by atoms with Crippen molar-refractivity contribution < 1.29 is 4.74 Å². The van der Waals surface area contributed by atoms with E-state index in [1.165, 1.54) is 0 Å². The Morgan fingerprint density at radius 1 is 1.37 bits per heavy atom. The molecule has 0 atom stereocenters. The predicted octanol–water partition coefficient (Wildman–Crippen LogP) is 2.09. The molecule has 5 heteroatoms. The van der Waals surface area contributed by atoms with Gasteiger partial charge in [0.2, 0.25) is 0 Å². The van der Waals surface area contributed by atoms with E-state index in [4.69, 9.17) is 4.74 Å². The summed E-state index contributed by atoms with van der Waals surface area (Å²) in [5.74, 6) is 2.82. The first kappa shape index (κ1) is 14.1. The number of aryl methyl sites for hydroxylation is 1. The fraction of sp³-hybridized carbons (Fsp3) is 0.714. The van der Waals surface area contributed by atoms with Gasteiger partial charge in [-0.15, -0.1) is 0 Å². The van der Waals surface area contributed by atoms with Gasteiger partial charge < -0.3 is 15.0 Å². The van der Waals surface area contributed by atoms with E-state index < -0.39 is 0 Å². The van der Waals surface area contributed by atoms with Crippen molar-refractivity contribution in [1.29, 1.82) is 0 Å². The second kappa shape index (κ2) is 6.70. The van der Waals surface area contributed by atoms with Crippen molar-refractivity contribution in [3.05, 3.63) is 11.9 Å². The summed E-state index contributed by atoms with van der Waals surface area (Å²) in [5.41, 5.74) is 0. The summed E-state index contributed by atoms with van der Waals surface area (Å²) < 4.78 is 5.42. The molecule has 0 spiro atoms. The largest absolute Gasteiger partial charge is 0.381 e. The van der Waals surface area contributed by atoms with E-state index in [0.29, 0.717) is 6.04 Å². The molecule has 2 heterocycles. The van der Waals surface area contributed by atoms with Crippen LogP contribution in [-0.2, 0) is 11.2 Å². The molecular formula is C14H24N4O. The van der Waals surface area contributed by atoms with Gasteiger partial charge in [0.25, 0.3) is 0 Å². The van der Waals surface area contributed by atoms with Crippen molar-refractivity contribution in [3.8, 4) is 0 Å². The molecule has 5 nitrogen and oxygen atoms in total. The zero-order valence-electron chi connectivity index (χ0n) is 12.1. The van der Waals surface area contributed by atoms with Crippen LogP contribution in [-0.4, -0.2) is 43.3 Å². The summed E-state index contributed by atoms with van der Waals surface area (Å²) >= 11 is 0. The lowest BCUT2D eigenvalue weighted by Crippen LogP contribution is -2.37. The van der Waals surface area contributed by atoms with E-state index in [9.17, 15) is 0 Å². The molecular weight excluding hydrogens is 240 g/mol. The number of hydrogen-bond donors (Lipinski definition) is 1. The van der Waals surface area contributed by atoms with E-state index in [1.54, 1.807) is 0 Å². The Kier molecular flexibility index (Phi) is 4.96. The molecule has 2 rings (SSSR count). The standard InChI is InChI=1S/C14H24N4O/c1-4-5-12-16-13(15-2)10-14(17-12)18(3)11-6-8-19-9-7-11/h10-11H,4-9H2,1-3H3,(H,15,16,17). The molecule has 1 aromatic heterocycles. The Bertz CT molecular complexity index is 404. The molecule has 0 bridgehead atoms. The molecule has 0 aliphatic carbocycles. The minimum absolute atomic E-state index is 0.517. The second-order valence-corrected chi connectivity index (χ2v) is 4.98. The van der Waals surface area contributed by atoms with Crippen molar-refractivity contribution in [1.82, 2.24) is 9.97 Å². The van der Waals surface area contributed by atoms with E-state index in [2.05, 4.69) is 34.2 Å². The summed E-state index contributed by atoms with van der Waals surface area (Å²) in [6.45, 7) is 3.85. The van der Waals surface area contributed by atoms with Crippen LogP contribution in [0.3, 0.4) is 0 Å². The van der Waals surface area contributed by atoms with Gasteiger partial charge in [0.15, 0.2) is 0 Å². The number of nitrogens with zero attached hydrogens (tertiary/aromatic N) is 3. The van der Waals surface area contributed by atoms with Crippen molar-refractivity contribution in [3.63, 3.8) is 0 Å². The molecule has 1 saturated heterocycles. The van der Waals surface area contributed by atoms with Gasteiger partial charge in [0.1, 0.15) is 17.5 Å². The van der Waals surface area contributed by atoms with Crippen LogP contribution in [0.15, 0.2) is 6.07 Å². The van der Waals surface area contributed by atoms with Gasteiger partial charge >= 0.3 is 0 Å². The molecule has 1 N–H and O–H groups in total. The zero-order chi connectivity index (χ0) is 13.7. The summed E-state index contributed by atoms with van der Waals surface area (Å²) in [6, 6.07) is 2.54. The molecule has 19 heavy (non-hydrogen) atoms. The lowest BCUT2D eigenvalue weighted by Gasteiger charge is -2.32. The van der Waals surface area contributed by atoms with Crippen molar-refractivity contribution in [2.75, 3.05) is 37.5 Å². The van der Waals surface area contributed by atoms with Gasteiger partial charge in [0.05, 0.1) is 0 Å². The zero-order valence-corrected chi connectivity index (χ0v) is 12.1. The third-order valence-corrected chi connectivity index (χ3v) is 3.59. The van der Waals surface area contributed by atoms with E-state index >= 15 is 0 Å². The smallest absolute Gasteiger partial charge is 0.134 e. The molecule has 1 aliphatic rings. The van der Waals surface area contributed by atoms with E-state index in [1.807, 2.05) is 13.1 Å². The average Bonchev–Trinajstić information content (AvgIpc) is 2.47. The van der Waals surface area contributed by atoms with Crippen LogP contribution in [0, 0.1) is 0 Å². The SMILES string of the molecule is CCCc1nc(NC)cc(N(C)C2CCOCC2)n1. The lowest BCUT2D eigenvalue weighted by atomic mass is 10.1. The van der Waals surface area contributed by atoms with E-state index in [0.717, 1.165) is 56.4 Å². The van der Waals surface area contributed by atoms with Crippen LogP contribution in [0.5, 0.6) is 0 Å². The Morgan fingerprint density at radius 2 is 2.11 bits per heavy atom. The van der Waals surface area contributed by atoms with Crippen LogP contribution in [0.2, 0.25) is 0 Å². The molecule has 106 valence electrons. The summed E-state index contributed by atoms with van der Waals surface area (Å²) in [7, 11) is 4.02. The van der Waals surface area contributed by atoms with Crippen LogP contribution < -0.4 is 10.2 Å². The summed E-state index contributed by atoms with van der Waals surface area (Å²) in [6.07, 6.45) is 4.12. The number of nitrogens with one attached hydrogen (secondary N) is 1. The summed E-state index contributed by atoms with van der Waals surface area (Å²) in [5, 5.41) is 3.12. The lowest BCUT2D eigenvalue weighted by molar-refractivity contribution is 0.0853. The molecule has 0 aromatic carbocycles.